The highest BCUT2D eigenvalue weighted by molar-refractivity contribution is 5.76. The van der Waals surface area contributed by atoms with Crippen molar-refractivity contribution in [1.82, 2.24) is 25.8 Å². The molecule has 0 aliphatic heterocycles. The van der Waals surface area contributed by atoms with Gasteiger partial charge in [-0.2, -0.15) is 5.10 Å². The van der Waals surface area contributed by atoms with E-state index in [0.717, 1.165) is 16.8 Å². The molecule has 3 N–H and O–H groups in total. The van der Waals surface area contributed by atoms with Gasteiger partial charge in [-0.25, -0.2) is 0 Å². The SMILES string of the molecule is CC(C)(C)c1[nH]ncc1CNCCC(=O)NCc1cccnc1. The molecule has 0 radical (unpaired) electrons. The summed E-state index contributed by atoms with van der Waals surface area (Å²) < 4.78 is 0. The van der Waals surface area contributed by atoms with Crippen LogP contribution in [0.1, 0.15) is 44.0 Å². The molecule has 0 fully saturated rings. The fraction of sp³-hybridized carbons (Fsp3) is 0.471. The number of rotatable bonds is 7. The summed E-state index contributed by atoms with van der Waals surface area (Å²) in [5.74, 6) is 0.0320. The Morgan fingerprint density at radius 1 is 1.26 bits per heavy atom. The first-order chi connectivity index (χ1) is 11.0. The van der Waals surface area contributed by atoms with Gasteiger partial charge in [-0.1, -0.05) is 26.8 Å². The van der Waals surface area contributed by atoms with Gasteiger partial charge in [0.05, 0.1) is 6.20 Å². The lowest BCUT2D eigenvalue weighted by Gasteiger charge is -2.18. The van der Waals surface area contributed by atoms with Crippen LogP contribution in [-0.2, 0) is 23.3 Å². The highest BCUT2D eigenvalue weighted by atomic mass is 16.1. The second kappa shape index (κ2) is 7.87. The third-order valence-corrected chi connectivity index (χ3v) is 3.52. The van der Waals surface area contributed by atoms with Crippen LogP contribution in [0.4, 0.5) is 0 Å². The van der Waals surface area contributed by atoms with Crippen molar-refractivity contribution in [2.45, 2.75) is 45.7 Å². The summed E-state index contributed by atoms with van der Waals surface area (Å²) in [6.07, 6.45) is 5.77. The summed E-state index contributed by atoms with van der Waals surface area (Å²) in [4.78, 5) is 15.8. The van der Waals surface area contributed by atoms with Crippen LogP contribution < -0.4 is 10.6 Å². The molecule has 2 heterocycles. The quantitative estimate of drug-likeness (QED) is 0.682. The number of pyridine rings is 1. The molecule has 0 aliphatic rings. The fourth-order valence-electron chi connectivity index (χ4n) is 2.31. The Morgan fingerprint density at radius 2 is 2.09 bits per heavy atom. The van der Waals surface area contributed by atoms with Crippen molar-refractivity contribution in [1.29, 1.82) is 0 Å². The van der Waals surface area contributed by atoms with Crippen molar-refractivity contribution >= 4 is 5.91 Å². The van der Waals surface area contributed by atoms with Gasteiger partial charge in [-0.3, -0.25) is 14.9 Å². The zero-order chi connectivity index (χ0) is 16.7. The van der Waals surface area contributed by atoms with Gasteiger partial charge < -0.3 is 10.6 Å². The Kier molecular flexibility index (Phi) is 5.87. The molecule has 0 unspecified atom stereocenters. The Balaban J connectivity index is 1.67. The van der Waals surface area contributed by atoms with E-state index in [4.69, 9.17) is 0 Å². The molecule has 0 saturated carbocycles. The monoisotopic (exact) mass is 315 g/mol. The maximum atomic E-state index is 11.8. The molecule has 0 aromatic carbocycles. The number of nitrogens with zero attached hydrogens (tertiary/aromatic N) is 2. The van der Waals surface area contributed by atoms with Crippen LogP contribution in [0.2, 0.25) is 0 Å². The average molecular weight is 315 g/mol. The van der Waals surface area contributed by atoms with Gasteiger partial charge in [-0.15, -0.1) is 0 Å². The Labute approximate surface area is 137 Å². The molecular formula is C17H25N5O. The lowest BCUT2D eigenvalue weighted by atomic mass is 9.89. The van der Waals surface area contributed by atoms with Gasteiger partial charge in [0.2, 0.25) is 5.91 Å². The minimum absolute atomic E-state index is 0.0320. The van der Waals surface area contributed by atoms with E-state index >= 15 is 0 Å². The van der Waals surface area contributed by atoms with Crippen LogP contribution in [0, 0.1) is 0 Å². The lowest BCUT2D eigenvalue weighted by molar-refractivity contribution is -0.121. The van der Waals surface area contributed by atoms with E-state index in [1.165, 1.54) is 0 Å². The van der Waals surface area contributed by atoms with Crippen LogP contribution in [0.5, 0.6) is 0 Å². The summed E-state index contributed by atoms with van der Waals surface area (Å²) in [5.41, 5.74) is 3.32. The van der Waals surface area contributed by atoms with Crippen LogP contribution >= 0.6 is 0 Å². The molecule has 0 aliphatic carbocycles. The van der Waals surface area contributed by atoms with Crippen molar-refractivity contribution in [2.75, 3.05) is 6.54 Å². The van der Waals surface area contributed by atoms with E-state index in [9.17, 15) is 4.79 Å². The molecule has 2 aromatic heterocycles. The number of amides is 1. The van der Waals surface area contributed by atoms with Gasteiger partial charge >= 0.3 is 0 Å². The number of H-pyrrole nitrogens is 1. The van der Waals surface area contributed by atoms with Gasteiger partial charge in [0.1, 0.15) is 0 Å². The second-order valence-electron chi connectivity index (χ2n) is 6.59. The number of nitrogens with one attached hydrogen (secondary N) is 3. The first-order valence-electron chi connectivity index (χ1n) is 7.86. The van der Waals surface area contributed by atoms with Crippen LogP contribution in [0.25, 0.3) is 0 Å². The number of carbonyl (C=O) groups excluding carboxylic acids is 1. The van der Waals surface area contributed by atoms with Gasteiger partial charge in [0.15, 0.2) is 0 Å². The van der Waals surface area contributed by atoms with E-state index in [-0.39, 0.29) is 11.3 Å². The molecule has 2 aromatic rings. The van der Waals surface area contributed by atoms with Gasteiger partial charge in [-0.05, 0) is 11.6 Å². The summed E-state index contributed by atoms with van der Waals surface area (Å²) in [7, 11) is 0. The fourth-order valence-corrected chi connectivity index (χ4v) is 2.31. The van der Waals surface area contributed by atoms with E-state index in [0.29, 0.717) is 26.1 Å². The standard InChI is InChI=1S/C17H25N5O/c1-17(2,3)16-14(12-21-22-16)11-19-8-6-15(23)20-10-13-5-4-7-18-9-13/h4-5,7,9,12,19H,6,8,10-11H2,1-3H3,(H,20,23)(H,21,22). The minimum atomic E-state index is 0.0320. The van der Waals surface area contributed by atoms with Crippen molar-refractivity contribution in [2.24, 2.45) is 0 Å². The van der Waals surface area contributed by atoms with Crippen molar-refractivity contribution in [3.8, 4) is 0 Å². The average Bonchev–Trinajstić information content (AvgIpc) is 2.99. The van der Waals surface area contributed by atoms with E-state index < -0.39 is 0 Å². The molecule has 0 atom stereocenters. The predicted molar refractivity (Wildman–Crippen MR) is 89.7 cm³/mol. The topological polar surface area (TPSA) is 82.7 Å². The molecule has 124 valence electrons. The molecular weight excluding hydrogens is 290 g/mol. The predicted octanol–water partition coefficient (Wildman–Crippen LogP) is 1.90. The number of hydrogen-bond acceptors (Lipinski definition) is 4. The van der Waals surface area contributed by atoms with E-state index in [1.54, 1.807) is 12.4 Å². The van der Waals surface area contributed by atoms with Crippen molar-refractivity contribution in [3.05, 3.63) is 47.5 Å². The van der Waals surface area contributed by atoms with Crippen LogP contribution in [0.15, 0.2) is 30.7 Å². The first-order valence-corrected chi connectivity index (χ1v) is 7.86. The summed E-state index contributed by atoms with van der Waals surface area (Å²) in [6.45, 7) is 8.30. The molecule has 2 rings (SSSR count). The third kappa shape index (κ3) is 5.49. The number of carbonyl (C=O) groups is 1. The van der Waals surface area contributed by atoms with Gasteiger partial charge in [0.25, 0.3) is 0 Å². The third-order valence-electron chi connectivity index (χ3n) is 3.52. The molecule has 0 saturated heterocycles. The summed E-state index contributed by atoms with van der Waals surface area (Å²) in [6, 6.07) is 3.80. The Hall–Kier alpha value is -2.21. The second-order valence-corrected chi connectivity index (χ2v) is 6.59. The van der Waals surface area contributed by atoms with Crippen molar-refractivity contribution in [3.63, 3.8) is 0 Å². The van der Waals surface area contributed by atoms with E-state index in [1.807, 2.05) is 18.3 Å². The maximum Gasteiger partial charge on any atom is 0.221 e. The number of aromatic nitrogens is 3. The van der Waals surface area contributed by atoms with Crippen LogP contribution in [0.3, 0.4) is 0 Å². The summed E-state index contributed by atoms with van der Waals surface area (Å²) >= 11 is 0. The molecule has 0 spiro atoms. The minimum Gasteiger partial charge on any atom is -0.352 e. The molecule has 6 heteroatoms. The van der Waals surface area contributed by atoms with Gasteiger partial charge in [0, 0.05) is 55.1 Å². The zero-order valence-electron chi connectivity index (χ0n) is 14.0. The molecule has 6 nitrogen and oxygen atoms in total. The van der Waals surface area contributed by atoms with Crippen molar-refractivity contribution < 1.29 is 4.79 Å². The lowest BCUT2D eigenvalue weighted by Crippen LogP contribution is -2.27. The highest BCUT2D eigenvalue weighted by Gasteiger charge is 2.19. The highest BCUT2D eigenvalue weighted by Crippen LogP contribution is 2.23. The Bertz CT molecular complexity index is 615. The van der Waals surface area contributed by atoms with Crippen LogP contribution in [-0.4, -0.2) is 27.6 Å². The molecule has 0 bridgehead atoms. The maximum absolute atomic E-state index is 11.8. The zero-order valence-corrected chi connectivity index (χ0v) is 14.0. The smallest absolute Gasteiger partial charge is 0.221 e. The Morgan fingerprint density at radius 3 is 2.78 bits per heavy atom. The first kappa shape index (κ1) is 17.1. The molecule has 1 amide bonds. The number of hydrogen-bond donors (Lipinski definition) is 3. The number of aromatic amines is 1. The largest absolute Gasteiger partial charge is 0.352 e. The molecule has 23 heavy (non-hydrogen) atoms. The normalized spacial score (nSPS) is 11.4. The summed E-state index contributed by atoms with van der Waals surface area (Å²) in [5, 5.41) is 13.4. The van der Waals surface area contributed by atoms with E-state index in [2.05, 4.69) is 46.6 Å².